The molecule has 0 aliphatic rings. The Hall–Kier alpha value is 0.434. The van der Waals surface area contributed by atoms with Crippen LogP contribution in [0.3, 0.4) is 0 Å². The average molecular weight is 159 g/mol. The number of rotatable bonds is 4. The molecule has 0 atom stereocenters. The molecule has 0 aromatic carbocycles. The SMILES string of the molecule is CCCC[Si](C)(C)[SiH]C. The third-order valence-corrected chi connectivity index (χ3v) is 10.7. The van der Waals surface area contributed by atoms with E-state index in [9.17, 15) is 0 Å². The van der Waals surface area contributed by atoms with Crippen molar-refractivity contribution in [3.63, 3.8) is 0 Å². The van der Waals surface area contributed by atoms with Gasteiger partial charge in [0.1, 0.15) is 0 Å². The zero-order valence-corrected chi connectivity index (χ0v) is 9.35. The molecule has 0 saturated heterocycles. The van der Waals surface area contributed by atoms with E-state index in [1.165, 1.54) is 12.8 Å². The Kier molecular flexibility index (Phi) is 4.49. The highest BCUT2D eigenvalue weighted by atomic mass is 29.2. The van der Waals surface area contributed by atoms with E-state index in [0.717, 1.165) is 9.04 Å². The monoisotopic (exact) mass is 159 g/mol. The Morgan fingerprint density at radius 2 is 1.89 bits per heavy atom. The Bertz CT molecular complexity index is 69.3. The van der Waals surface area contributed by atoms with Gasteiger partial charge in [0.25, 0.3) is 0 Å². The van der Waals surface area contributed by atoms with Gasteiger partial charge in [0, 0.05) is 16.6 Å². The van der Waals surface area contributed by atoms with Gasteiger partial charge in [-0.15, -0.1) is 0 Å². The summed E-state index contributed by atoms with van der Waals surface area (Å²) < 4.78 is 0. The van der Waals surface area contributed by atoms with Crippen LogP contribution >= 0.6 is 0 Å². The molecule has 0 bridgehead atoms. The fourth-order valence-corrected chi connectivity index (χ4v) is 3.81. The molecule has 0 amide bonds. The molecule has 0 aliphatic heterocycles. The third-order valence-electron chi connectivity index (χ3n) is 1.96. The van der Waals surface area contributed by atoms with Crippen molar-refractivity contribution in [1.29, 1.82) is 0 Å². The second-order valence-corrected chi connectivity index (χ2v) is 14.9. The first-order valence-corrected chi connectivity index (χ1v) is 10.1. The van der Waals surface area contributed by atoms with E-state index < -0.39 is 7.59 Å². The van der Waals surface area contributed by atoms with Crippen LogP contribution in [0.2, 0.25) is 25.7 Å². The number of unbranched alkanes of at least 4 members (excludes halogenated alkanes) is 1. The molecule has 0 fully saturated rings. The quantitative estimate of drug-likeness (QED) is 0.553. The molecule has 0 aromatic heterocycles. The summed E-state index contributed by atoms with van der Waals surface area (Å²) in [4.78, 5) is 0. The molecular weight excluding hydrogens is 140 g/mol. The molecule has 0 N–H and O–H groups in total. The minimum Gasteiger partial charge on any atom is -0.0761 e. The van der Waals surface area contributed by atoms with Gasteiger partial charge in [0.15, 0.2) is 0 Å². The third kappa shape index (κ3) is 4.91. The van der Waals surface area contributed by atoms with Gasteiger partial charge in [0.2, 0.25) is 0 Å². The fraction of sp³-hybridized carbons (Fsp3) is 1.00. The zero-order valence-electron chi connectivity index (χ0n) is 7.20. The van der Waals surface area contributed by atoms with Crippen LogP contribution in [0.15, 0.2) is 0 Å². The summed E-state index contributed by atoms with van der Waals surface area (Å²) in [5.74, 6) is 0. The van der Waals surface area contributed by atoms with E-state index in [-0.39, 0.29) is 0 Å². The molecule has 0 heterocycles. The van der Waals surface area contributed by atoms with Crippen LogP contribution in [0.4, 0.5) is 0 Å². The van der Waals surface area contributed by atoms with E-state index >= 15 is 0 Å². The highest BCUT2D eigenvalue weighted by Crippen LogP contribution is 2.11. The van der Waals surface area contributed by atoms with Crippen LogP contribution in [0.25, 0.3) is 0 Å². The van der Waals surface area contributed by atoms with Crippen LogP contribution in [-0.2, 0) is 0 Å². The number of hydrogen-bond donors (Lipinski definition) is 0. The summed E-state index contributed by atoms with van der Waals surface area (Å²) in [6.45, 7) is 9.76. The molecule has 0 rings (SSSR count). The minimum atomic E-state index is -0.615. The fourth-order valence-electron chi connectivity index (χ4n) is 0.777. The molecule has 0 aromatic rings. The first-order chi connectivity index (χ1) is 4.12. The van der Waals surface area contributed by atoms with Gasteiger partial charge in [0.05, 0.1) is 0 Å². The van der Waals surface area contributed by atoms with Crippen LogP contribution in [0.5, 0.6) is 0 Å². The van der Waals surface area contributed by atoms with Crippen molar-refractivity contribution in [3.05, 3.63) is 0 Å². The van der Waals surface area contributed by atoms with Crippen molar-refractivity contribution in [2.24, 2.45) is 0 Å². The first-order valence-electron chi connectivity index (χ1n) is 3.93. The van der Waals surface area contributed by atoms with Crippen molar-refractivity contribution in [2.75, 3.05) is 0 Å². The minimum absolute atomic E-state index is 0.615. The molecule has 0 unspecified atom stereocenters. The standard InChI is InChI=1S/C7H19Si2/c1-5-6-7-9(3,4)8-2/h8H,5-7H2,1-4H3. The van der Waals surface area contributed by atoms with Gasteiger partial charge in [-0.2, -0.15) is 0 Å². The van der Waals surface area contributed by atoms with E-state index in [4.69, 9.17) is 0 Å². The maximum atomic E-state index is 2.53. The lowest BCUT2D eigenvalue weighted by molar-refractivity contribution is 0.872. The lowest BCUT2D eigenvalue weighted by atomic mass is 10.4. The lowest BCUT2D eigenvalue weighted by Crippen LogP contribution is -2.31. The zero-order chi connectivity index (χ0) is 7.33. The molecule has 9 heavy (non-hydrogen) atoms. The molecule has 0 nitrogen and oxygen atoms in total. The molecule has 0 aliphatic carbocycles. The van der Waals surface area contributed by atoms with Gasteiger partial charge in [-0.25, -0.2) is 0 Å². The van der Waals surface area contributed by atoms with Gasteiger partial charge >= 0.3 is 0 Å². The Labute approximate surface area is 62.7 Å². The molecular formula is C7H19Si2. The van der Waals surface area contributed by atoms with E-state index in [0.29, 0.717) is 0 Å². The summed E-state index contributed by atoms with van der Waals surface area (Å²) in [6.07, 6.45) is 2.86. The van der Waals surface area contributed by atoms with Crippen molar-refractivity contribution in [2.45, 2.75) is 45.5 Å². The Morgan fingerprint density at radius 1 is 1.33 bits per heavy atom. The molecule has 0 spiro atoms. The summed E-state index contributed by atoms with van der Waals surface area (Å²) >= 11 is 0. The van der Waals surface area contributed by atoms with Crippen molar-refractivity contribution in [1.82, 2.24) is 0 Å². The van der Waals surface area contributed by atoms with Crippen molar-refractivity contribution < 1.29 is 0 Å². The molecule has 1 radical (unpaired) electrons. The smallest absolute Gasteiger partial charge is 0.0346 e. The second kappa shape index (κ2) is 4.28. The summed E-state index contributed by atoms with van der Waals surface area (Å²) in [6, 6.07) is 1.56. The van der Waals surface area contributed by atoms with E-state index in [2.05, 4.69) is 26.6 Å². The number of hydrogen-bond acceptors (Lipinski definition) is 0. The largest absolute Gasteiger partial charge is 0.0761 e. The van der Waals surface area contributed by atoms with Crippen molar-refractivity contribution in [3.8, 4) is 0 Å². The predicted octanol–water partition coefficient (Wildman–Crippen LogP) is 2.48. The van der Waals surface area contributed by atoms with Gasteiger partial charge < -0.3 is 0 Å². The van der Waals surface area contributed by atoms with Crippen LogP contribution in [0, 0.1) is 0 Å². The molecule has 2 heteroatoms. The highest BCUT2D eigenvalue weighted by Gasteiger charge is 2.16. The second-order valence-electron chi connectivity index (χ2n) is 3.38. The van der Waals surface area contributed by atoms with E-state index in [1.807, 2.05) is 0 Å². The van der Waals surface area contributed by atoms with Crippen LogP contribution in [-0.4, -0.2) is 16.6 Å². The average Bonchev–Trinajstić information content (AvgIpc) is 1.84. The first kappa shape index (κ1) is 9.43. The molecule has 0 saturated carbocycles. The highest BCUT2D eigenvalue weighted by molar-refractivity contribution is 7.23. The topological polar surface area (TPSA) is 0 Å². The molecule has 55 valence electrons. The van der Waals surface area contributed by atoms with Gasteiger partial charge in [-0.1, -0.05) is 45.5 Å². The Balaban J connectivity index is 3.33. The maximum absolute atomic E-state index is 2.53. The lowest BCUT2D eigenvalue weighted by Gasteiger charge is -2.18. The summed E-state index contributed by atoms with van der Waals surface area (Å²) in [5, 5.41) is 0. The van der Waals surface area contributed by atoms with E-state index in [1.54, 1.807) is 6.04 Å². The van der Waals surface area contributed by atoms with Crippen molar-refractivity contribution >= 4 is 16.6 Å². The van der Waals surface area contributed by atoms with Gasteiger partial charge in [-0.05, 0) is 0 Å². The van der Waals surface area contributed by atoms with Gasteiger partial charge in [-0.3, -0.25) is 0 Å². The Morgan fingerprint density at radius 3 is 2.22 bits per heavy atom. The predicted molar refractivity (Wildman–Crippen MR) is 50.2 cm³/mol. The summed E-state index contributed by atoms with van der Waals surface area (Å²) in [5.41, 5.74) is 0. The maximum Gasteiger partial charge on any atom is 0.0346 e. The normalized spacial score (nSPS) is 12.0. The summed E-state index contributed by atoms with van der Waals surface area (Å²) in [7, 11) is 0.182. The van der Waals surface area contributed by atoms with Crippen LogP contribution in [0.1, 0.15) is 19.8 Å². The van der Waals surface area contributed by atoms with Crippen LogP contribution < -0.4 is 0 Å².